The van der Waals surface area contributed by atoms with E-state index in [1.165, 1.54) is 0 Å². The van der Waals surface area contributed by atoms with E-state index in [0.717, 1.165) is 31.2 Å². The lowest BCUT2D eigenvalue weighted by molar-refractivity contribution is 0.198. The predicted molar refractivity (Wildman–Crippen MR) is 62.0 cm³/mol. The van der Waals surface area contributed by atoms with Crippen molar-refractivity contribution in [2.75, 3.05) is 6.54 Å². The van der Waals surface area contributed by atoms with Gasteiger partial charge in [0.05, 0.1) is 12.6 Å². The smallest absolute Gasteiger partial charge is 0.199 e. The molecule has 0 amide bonds. The lowest BCUT2D eigenvalue weighted by Gasteiger charge is -2.17. The Hall–Kier alpha value is -1.06. The Morgan fingerprint density at radius 2 is 1.88 bits per heavy atom. The van der Waals surface area contributed by atoms with Crippen molar-refractivity contribution in [2.45, 2.75) is 51.9 Å². The molecule has 4 heteroatoms. The van der Waals surface area contributed by atoms with Crippen molar-refractivity contribution in [1.29, 1.82) is 0 Å². The predicted octanol–water partition coefficient (Wildman–Crippen LogP) is 1.79. The summed E-state index contributed by atoms with van der Waals surface area (Å²) >= 11 is 0. The van der Waals surface area contributed by atoms with Crippen molar-refractivity contribution in [3.05, 3.63) is 0 Å². The van der Waals surface area contributed by atoms with Gasteiger partial charge in [0.1, 0.15) is 17.6 Å². The third-order valence-corrected chi connectivity index (χ3v) is 3.67. The van der Waals surface area contributed by atoms with Gasteiger partial charge in [-0.25, -0.2) is 4.99 Å². The second-order valence-corrected chi connectivity index (χ2v) is 5.15. The Bertz CT molecular complexity index is 371. The van der Waals surface area contributed by atoms with Gasteiger partial charge in [-0.1, -0.05) is 0 Å². The maximum Gasteiger partial charge on any atom is 0.199 e. The number of hydrogen-bond donors (Lipinski definition) is 0. The number of nitrogens with zero attached hydrogens (tertiary/aromatic N) is 2. The molecule has 0 spiro atoms. The molecule has 1 aliphatic carbocycles. The monoisotopic (exact) mass is 222 g/mol. The van der Waals surface area contributed by atoms with Crippen LogP contribution in [0.25, 0.3) is 0 Å². The molecule has 88 valence electrons. The minimum Gasteiger partial charge on any atom is -0.475 e. The Balaban J connectivity index is 1.82. The van der Waals surface area contributed by atoms with Crippen LogP contribution in [0.3, 0.4) is 0 Å². The van der Waals surface area contributed by atoms with Crippen molar-refractivity contribution < 1.29 is 9.47 Å². The van der Waals surface area contributed by atoms with Gasteiger partial charge in [0, 0.05) is 0 Å². The van der Waals surface area contributed by atoms with E-state index in [-0.39, 0.29) is 23.7 Å². The highest BCUT2D eigenvalue weighted by Gasteiger charge is 2.58. The fourth-order valence-electron chi connectivity index (χ4n) is 2.22. The van der Waals surface area contributed by atoms with Crippen molar-refractivity contribution in [3.8, 4) is 0 Å². The molecule has 2 aliphatic heterocycles. The van der Waals surface area contributed by atoms with Crippen molar-refractivity contribution in [2.24, 2.45) is 15.4 Å². The van der Waals surface area contributed by atoms with E-state index in [2.05, 4.69) is 30.8 Å². The van der Waals surface area contributed by atoms with Crippen molar-refractivity contribution >= 4 is 11.8 Å². The van der Waals surface area contributed by atoms with Gasteiger partial charge in [-0.2, -0.15) is 0 Å². The van der Waals surface area contributed by atoms with Crippen molar-refractivity contribution in [1.82, 2.24) is 0 Å². The van der Waals surface area contributed by atoms with Gasteiger partial charge < -0.3 is 9.47 Å². The fraction of sp³-hybridized carbons (Fsp3) is 0.833. The quantitative estimate of drug-likeness (QED) is 0.715. The molecule has 4 nitrogen and oxygen atoms in total. The van der Waals surface area contributed by atoms with Crippen LogP contribution >= 0.6 is 0 Å². The molecule has 0 N–H and O–H groups in total. The molecule has 3 rings (SSSR count). The van der Waals surface area contributed by atoms with E-state index < -0.39 is 0 Å². The standard InChI is InChI=1S/C12H18N2O2/c1-7-6-13-10(15-7)12(4-5-12)11-14-8(2)9(3)16-11/h7-9H,4-6H2,1-3H3/t7-,8+,9-/m1/s1. The fourth-order valence-corrected chi connectivity index (χ4v) is 2.22. The Labute approximate surface area is 95.8 Å². The summed E-state index contributed by atoms with van der Waals surface area (Å²) in [5, 5.41) is 0. The van der Waals surface area contributed by atoms with Crippen LogP contribution in [-0.4, -0.2) is 36.6 Å². The molecule has 0 saturated heterocycles. The van der Waals surface area contributed by atoms with Gasteiger partial charge in [-0.05, 0) is 33.6 Å². The van der Waals surface area contributed by atoms with Gasteiger partial charge in [0.15, 0.2) is 11.8 Å². The average Bonchev–Trinajstić information content (AvgIpc) is 2.84. The molecule has 3 aliphatic rings. The second-order valence-electron chi connectivity index (χ2n) is 5.15. The van der Waals surface area contributed by atoms with Gasteiger partial charge in [0.25, 0.3) is 0 Å². The van der Waals surface area contributed by atoms with Crippen LogP contribution in [0.1, 0.15) is 33.6 Å². The molecule has 0 radical (unpaired) electrons. The van der Waals surface area contributed by atoms with Crippen LogP contribution in [0.15, 0.2) is 9.98 Å². The van der Waals surface area contributed by atoms with Crippen LogP contribution < -0.4 is 0 Å². The number of rotatable bonds is 2. The molecule has 16 heavy (non-hydrogen) atoms. The number of hydrogen-bond acceptors (Lipinski definition) is 4. The van der Waals surface area contributed by atoms with E-state index in [9.17, 15) is 0 Å². The Kier molecular flexibility index (Phi) is 2.03. The zero-order valence-corrected chi connectivity index (χ0v) is 10.1. The first kappa shape index (κ1) is 10.1. The second kappa shape index (κ2) is 3.22. The molecule has 3 atom stereocenters. The maximum atomic E-state index is 5.84. The SMILES string of the molecule is C[C@@H]1CN=C(C2(C3=N[C@@H](C)[C@@H](C)O3)CC2)O1. The van der Waals surface area contributed by atoms with Crippen LogP contribution in [0.5, 0.6) is 0 Å². The van der Waals surface area contributed by atoms with Crippen LogP contribution in [0, 0.1) is 5.41 Å². The average molecular weight is 222 g/mol. The first-order valence-electron chi connectivity index (χ1n) is 6.08. The third-order valence-electron chi connectivity index (χ3n) is 3.67. The normalized spacial score (nSPS) is 39.8. The zero-order valence-electron chi connectivity index (χ0n) is 10.1. The summed E-state index contributed by atoms with van der Waals surface area (Å²) in [5.41, 5.74) is -0.0935. The summed E-state index contributed by atoms with van der Waals surface area (Å²) in [6.45, 7) is 6.98. The number of aliphatic imine (C=N–C) groups is 2. The summed E-state index contributed by atoms with van der Waals surface area (Å²) in [6, 6.07) is 0.256. The van der Waals surface area contributed by atoms with E-state index >= 15 is 0 Å². The highest BCUT2D eigenvalue weighted by Crippen LogP contribution is 2.51. The topological polar surface area (TPSA) is 43.2 Å². The zero-order chi connectivity index (χ0) is 11.3. The summed E-state index contributed by atoms with van der Waals surface area (Å²) in [4.78, 5) is 9.09. The first-order valence-corrected chi connectivity index (χ1v) is 6.08. The third kappa shape index (κ3) is 1.35. The lowest BCUT2D eigenvalue weighted by atomic mass is 10.1. The largest absolute Gasteiger partial charge is 0.475 e. The van der Waals surface area contributed by atoms with Crippen LogP contribution in [-0.2, 0) is 9.47 Å². The van der Waals surface area contributed by atoms with Crippen molar-refractivity contribution in [3.63, 3.8) is 0 Å². The van der Waals surface area contributed by atoms with Gasteiger partial charge in [-0.3, -0.25) is 4.99 Å². The van der Waals surface area contributed by atoms with Gasteiger partial charge in [0.2, 0.25) is 0 Å². The Morgan fingerprint density at radius 1 is 1.12 bits per heavy atom. The molecule has 0 bridgehead atoms. The molecule has 1 fully saturated rings. The molecular formula is C12H18N2O2. The van der Waals surface area contributed by atoms with E-state index in [4.69, 9.17) is 9.47 Å². The number of ether oxygens (including phenoxy) is 2. The molecule has 0 aromatic heterocycles. The first-order chi connectivity index (χ1) is 7.62. The minimum absolute atomic E-state index is 0.0935. The summed E-state index contributed by atoms with van der Waals surface area (Å²) in [6.07, 6.45) is 2.53. The molecule has 2 heterocycles. The molecule has 0 unspecified atom stereocenters. The summed E-state index contributed by atoms with van der Waals surface area (Å²) in [7, 11) is 0. The summed E-state index contributed by atoms with van der Waals surface area (Å²) < 4.78 is 11.6. The molecule has 0 aromatic rings. The van der Waals surface area contributed by atoms with Gasteiger partial charge in [-0.15, -0.1) is 0 Å². The van der Waals surface area contributed by atoms with E-state index in [0.29, 0.717) is 0 Å². The molecular weight excluding hydrogens is 204 g/mol. The van der Waals surface area contributed by atoms with Gasteiger partial charge >= 0.3 is 0 Å². The highest BCUT2D eigenvalue weighted by atomic mass is 16.5. The molecule has 1 saturated carbocycles. The highest BCUT2D eigenvalue weighted by molar-refractivity contribution is 6.09. The Morgan fingerprint density at radius 3 is 2.31 bits per heavy atom. The minimum atomic E-state index is -0.0935. The van der Waals surface area contributed by atoms with Crippen LogP contribution in [0.4, 0.5) is 0 Å². The van der Waals surface area contributed by atoms with E-state index in [1.807, 2.05) is 0 Å². The lowest BCUT2D eigenvalue weighted by Crippen LogP contribution is -2.28. The molecule has 0 aromatic carbocycles. The van der Waals surface area contributed by atoms with E-state index in [1.54, 1.807) is 0 Å². The van der Waals surface area contributed by atoms with Crippen LogP contribution in [0.2, 0.25) is 0 Å². The summed E-state index contributed by atoms with van der Waals surface area (Å²) in [5.74, 6) is 1.72. The maximum absolute atomic E-state index is 5.84.